The molecule has 7 aromatic heterocycles. The summed E-state index contributed by atoms with van der Waals surface area (Å²) < 4.78 is 0. The van der Waals surface area contributed by atoms with Crippen molar-refractivity contribution < 1.29 is 0 Å². The van der Waals surface area contributed by atoms with Gasteiger partial charge in [-0.3, -0.25) is 0 Å². The lowest BCUT2D eigenvalue weighted by molar-refractivity contribution is 1.07. The van der Waals surface area contributed by atoms with Crippen molar-refractivity contribution in [2.24, 2.45) is 0 Å². The molecule has 0 saturated carbocycles. The molecule has 0 spiro atoms. The molecule has 9 heterocycles. The standard InChI is InChI=1S/C56H62N4S4/c1-13-33-34(14-2)50-46(42-26-22-30(10)62-42)52-37(17-5)38(18-6)54(59-52)48(44-28-24-32(12)64-44)56-40(20-8)39(19-7)55(60-56)47(43-27-23-31(11)63-43)53-36(16-4)35(15-3)51(58-53)45(49(33)57-50)41-25-21-29(9)61-41/h21-28,57,60H,13-20H2,1-12H3. The molecule has 8 bridgehead atoms. The van der Waals surface area contributed by atoms with Gasteiger partial charge in [-0.15, -0.1) is 45.3 Å². The number of allylic oxidation sites excluding steroid dienone is 4. The second-order valence-corrected chi connectivity index (χ2v) is 22.3. The van der Waals surface area contributed by atoms with E-state index in [1.54, 1.807) is 0 Å². The minimum atomic E-state index is 0.893. The van der Waals surface area contributed by atoms with E-state index < -0.39 is 0 Å². The van der Waals surface area contributed by atoms with Crippen molar-refractivity contribution in [1.82, 2.24) is 19.9 Å². The van der Waals surface area contributed by atoms with Gasteiger partial charge in [0.2, 0.25) is 0 Å². The van der Waals surface area contributed by atoms with Crippen molar-refractivity contribution in [3.8, 4) is 41.8 Å². The Balaban J connectivity index is 1.69. The van der Waals surface area contributed by atoms with E-state index in [1.165, 1.54) is 128 Å². The molecule has 8 heteroatoms. The molecule has 330 valence electrons. The quantitative estimate of drug-likeness (QED) is 0.128. The molecule has 0 unspecified atom stereocenters. The van der Waals surface area contributed by atoms with Crippen LogP contribution < -0.4 is 0 Å². The summed E-state index contributed by atoms with van der Waals surface area (Å²) >= 11 is 7.54. The summed E-state index contributed by atoms with van der Waals surface area (Å²) in [6, 6.07) is 18.5. The van der Waals surface area contributed by atoms with Crippen LogP contribution in [-0.4, -0.2) is 19.9 Å². The third kappa shape index (κ3) is 7.19. The minimum absolute atomic E-state index is 0.893. The van der Waals surface area contributed by atoms with E-state index in [9.17, 15) is 0 Å². The fourth-order valence-corrected chi connectivity index (χ4v) is 14.4. The first-order valence-electron chi connectivity index (χ1n) is 23.7. The molecule has 2 aliphatic rings. The van der Waals surface area contributed by atoms with Crippen LogP contribution in [0.2, 0.25) is 0 Å². The highest BCUT2D eigenvalue weighted by Gasteiger charge is 2.32. The molecular weight excluding hydrogens is 857 g/mol. The van der Waals surface area contributed by atoms with Gasteiger partial charge >= 0.3 is 0 Å². The average Bonchev–Trinajstić information content (AvgIpc) is 4.16. The van der Waals surface area contributed by atoms with Crippen molar-refractivity contribution in [3.05, 3.63) is 113 Å². The van der Waals surface area contributed by atoms with E-state index in [-0.39, 0.29) is 0 Å². The number of nitrogens with one attached hydrogen (secondary N) is 2. The lowest BCUT2D eigenvalue weighted by Crippen LogP contribution is -1.92. The van der Waals surface area contributed by atoms with Gasteiger partial charge in [0.1, 0.15) is 0 Å². The molecule has 0 fully saturated rings. The molecule has 0 aliphatic carbocycles. The van der Waals surface area contributed by atoms with Gasteiger partial charge in [0, 0.05) is 61.3 Å². The summed E-state index contributed by atoms with van der Waals surface area (Å²) in [4.78, 5) is 31.0. The SMILES string of the molecule is CCC1=C(CC)c2nc1c(-c1ccc(C)s1)c1[nH]c(c(CC)c1CC)c(-c1ccc(C)s1)c1nc(c(-c3ccc(C)s3)c3[nH]c(c(CC)c3CC)c2-c2ccc(C)s2)C(CC)=C1CC. The second kappa shape index (κ2) is 18.0. The Hall–Kier alpha value is -4.60. The Kier molecular flexibility index (Phi) is 12.5. The number of hydrogen-bond acceptors (Lipinski definition) is 6. The van der Waals surface area contributed by atoms with Crippen molar-refractivity contribution in [2.45, 2.75) is 134 Å². The normalized spacial score (nSPS) is 13.1. The Morgan fingerprint density at radius 1 is 0.328 bits per heavy atom. The largest absolute Gasteiger partial charge is 0.354 e. The summed E-state index contributed by atoms with van der Waals surface area (Å²) in [5.74, 6) is 0. The van der Waals surface area contributed by atoms with Gasteiger partial charge in [-0.25, -0.2) is 9.97 Å². The molecule has 2 aliphatic heterocycles. The smallest absolute Gasteiger partial charge is 0.0780 e. The fraction of sp³-hybridized carbons (Fsp3) is 0.357. The first-order chi connectivity index (χ1) is 31.0. The van der Waals surface area contributed by atoms with Gasteiger partial charge in [0.25, 0.3) is 0 Å². The van der Waals surface area contributed by atoms with Crippen LogP contribution in [0.4, 0.5) is 0 Å². The molecule has 0 aromatic carbocycles. The van der Waals surface area contributed by atoms with Gasteiger partial charge in [0.05, 0.1) is 44.8 Å². The molecule has 0 saturated heterocycles. The summed E-state index contributed by atoms with van der Waals surface area (Å²) in [6.45, 7) is 27.6. The highest BCUT2D eigenvalue weighted by atomic mass is 32.1. The molecule has 9 rings (SSSR count). The highest BCUT2D eigenvalue weighted by Crippen LogP contribution is 2.51. The molecule has 0 atom stereocenters. The van der Waals surface area contributed by atoms with Crippen LogP contribution in [0, 0.1) is 27.7 Å². The number of rotatable bonds is 12. The third-order valence-corrected chi connectivity index (χ3v) is 17.6. The summed E-state index contributed by atoms with van der Waals surface area (Å²) in [7, 11) is 0. The molecule has 2 N–H and O–H groups in total. The molecule has 0 radical (unpaired) electrons. The predicted octanol–water partition coefficient (Wildman–Crippen LogP) is 18.2. The molecule has 0 amide bonds. The number of H-pyrrole nitrogens is 2. The topological polar surface area (TPSA) is 57.4 Å². The zero-order valence-corrected chi connectivity index (χ0v) is 43.1. The first kappa shape index (κ1) is 44.6. The lowest BCUT2D eigenvalue weighted by Gasteiger charge is -2.10. The van der Waals surface area contributed by atoms with E-state index in [0.29, 0.717) is 0 Å². The van der Waals surface area contributed by atoms with Gasteiger partial charge in [0.15, 0.2) is 0 Å². The van der Waals surface area contributed by atoms with E-state index in [2.05, 4.69) is 142 Å². The predicted molar refractivity (Wildman–Crippen MR) is 286 cm³/mol. The average molecular weight is 919 g/mol. The van der Waals surface area contributed by atoms with E-state index in [4.69, 9.17) is 9.97 Å². The van der Waals surface area contributed by atoms with Crippen LogP contribution in [0.15, 0.2) is 48.5 Å². The van der Waals surface area contributed by atoms with Gasteiger partial charge in [-0.2, -0.15) is 0 Å². The number of nitrogens with zero attached hydrogens (tertiary/aromatic N) is 2. The number of aryl methyl sites for hydroxylation is 8. The van der Waals surface area contributed by atoms with Crippen LogP contribution in [0.1, 0.15) is 146 Å². The molecule has 64 heavy (non-hydrogen) atoms. The van der Waals surface area contributed by atoms with Crippen molar-refractivity contribution >= 4 is 89.7 Å². The minimum Gasteiger partial charge on any atom is -0.354 e. The Morgan fingerprint density at radius 2 is 0.547 bits per heavy atom. The maximum Gasteiger partial charge on any atom is 0.0780 e. The monoisotopic (exact) mass is 918 g/mol. The number of fused-ring (bicyclic) bond motifs is 8. The van der Waals surface area contributed by atoms with Crippen molar-refractivity contribution in [3.63, 3.8) is 0 Å². The van der Waals surface area contributed by atoms with Crippen LogP contribution in [0.25, 0.3) is 86.1 Å². The van der Waals surface area contributed by atoms with Crippen LogP contribution in [0.3, 0.4) is 0 Å². The summed E-state index contributed by atoms with van der Waals surface area (Å²) in [5, 5.41) is 0. The van der Waals surface area contributed by atoms with Crippen LogP contribution in [-0.2, 0) is 25.7 Å². The van der Waals surface area contributed by atoms with Gasteiger partial charge in [-0.1, -0.05) is 55.4 Å². The van der Waals surface area contributed by atoms with E-state index >= 15 is 0 Å². The van der Waals surface area contributed by atoms with Crippen molar-refractivity contribution in [1.29, 1.82) is 0 Å². The number of aromatic nitrogens is 4. The van der Waals surface area contributed by atoms with E-state index in [0.717, 1.165) is 74.1 Å². The highest BCUT2D eigenvalue weighted by molar-refractivity contribution is 7.16. The van der Waals surface area contributed by atoms with Crippen LogP contribution in [0.5, 0.6) is 0 Å². The summed E-state index contributed by atoms with van der Waals surface area (Å²) in [6.07, 6.45) is 7.19. The maximum atomic E-state index is 6.05. The zero-order valence-electron chi connectivity index (χ0n) is 39.8. The number of aromatic amines is 2. The van der Waals surface area contributed by atoms with Crippen LogP contribution >= 0.6 is 45.3 Å². The van der Waals surface area contributed by atoms with Crippen molar-refractivity contribution in [2.75, 3.05) is 0 Å². The van der Waals surface area contributed by atoms with Gasteiger partial charge in [-0.05, 0) is 172 Å². The van der Waals surface area contributed by atoms with Gasteiger partial charge < -0.3 is 9.97 Å². The molecule has 7 aromatic rings. The Bertz CT molecular complexity index is 2780. The summed E-state index contributed by atoms with van der Waals surface area (Å²) in [5.41, 5.74) is 25.1. The third-order valence-electron chi connectivity index (χ3n) is 13.5. The number of thiophene rings is 4. The molecular formula is C56H62N4S4. The maximum absolute atomic E-state index is 6.05. The second-order valence-electron chi connectivity index (χ2n) is 17.2. The Morgan fingerprint density at radius 3 is 0.703 bits per heavy atom. The Labute approximate surface area is 396 Å². The number of hydrogen-bond donors (Lipinski definition) is 2. The zero-order chi connectivity index (χ0) is 45.1. The first-order valence-corrected chi connectivity index (χ1v) is 26.9. The fourth-order valence-electron chi connectivity index (χ4n) is 10.7. The lowest BCUT2D eigenvalue weighted by atomic mass is 9.92. The molecule has 4 nitrogen and oxygen atoms in total. The van der Waals surface area contributed by atoms with E-state index in [1.807, 2.05) is 45.3 Å².